The predicted molar refractivity (Wildman–Crippen MR) is 534 cm³/mol. The number of likely N-dealkylation sites (N-methyl/N-ethyl adjacent to an activating group) is 1. The first kappa shape index (κ1) is 122. The number of aromatic amines is 3. The number of aliphatic imine (C=N–C) groups is 1. The van der Waals surface area contributed by atoms with Crippen LogP contribution in [0.4, 0.5) is 0 Å². The van der Waals surface area contributed by atoms with Crippen LogP contribution in [-0.2, 0) is 121 Å². The molecule has 0 spiro atoms. The smallest absolute Gasteiger partial charge is 0.317 e. The Morgan fingerprint density at radius 2 is 1.23 bits per heavy atom. The lowest BCUT2D eigenvalue weighted by Crippen LogP contribution is -2.61. The fourth-order valence-corrected chi connectivity index (χ4v) is 16.4. The van der Waals surface area contributed by atoms with Crippen molar-refractivity contribution in [2.75, 3.05) is 92.4 Å². The molecule has 51 nitrogen and oxygen atoms in total. The molecule has 51 heteroatoms. The molecule has 28 N–H and O–H groups in total. The van der Waals surface area contributed by atoms with E-state index in [4.69, 9.17) is 32.4 Å². The molecule has 0 bridgehead atoms. The lowest BCUT2D eigenvalue weighted by molar-refractivity contribution is -0.143. The maximum absolute atomic E-state index is 14.4. The number of para-hydroxylation sites is 1. The van der Waals surface area contributed by atoms with E-state index in [1.54, 1.807) is 43.6 Å². The highest BCUT2D eigenvalue weighted by Crippen LogP contribution is 2.24. The number of aryl methyl sites for hydroxylation is 1. The number of H-pyrrole nitrogens is 3. The Hall–Kier alpha value is -14.1. The molecule has 2 saturated heterocycles. The van der Waals surface area contributed by atoms with Gasteiger partial charge < -0.3 is 137 Å². The number of aliphatic hydroxyl groups is 2. The van der Waals surface area contributed by atoms with E-state index in [2.05, 4.69) is 110 Å². The van der Waals surface area contributed by atoms with Gasteiger partial charge >= 0.3 is 11.9 Å². The molecular formula is C96H149N27O24. The Kier molecular flexibility index (Phi) is 56.6. The number of aliphatic carboxylic acids is 2. The number of rotatable bonds is 61. The molecule has 5 heterocycles. The summed E-state index contributed by atoms with van der Waals surface area (Å²) in [6.45, 7) is -0.581. The average molecular weight is 2070 g/mol. The second-order valence-corrected chi connectivity index (χ2v) is 36.2. The van der Waals surface area contributed by atoms with E-state index < -0.39 is 219 Å². The van der Waals surface area contributed by atoms with Gasteiger partial charge in [0.15, 0.2) is 17.6 Å². The largest absolute Gasteiger partial charge is 0.480 e. The van der Waals surface area contributed by atoms with Crippen LogP contribution in [0.15, 0.2) is 78.3 Å². The average Bonchev–Trinajstić information content (AvgIpc) is 1.61. The molecule has 2 fully saturated rings. The van der Waals surface area contributed by atoms with Gasteiger partial charge in [0.25, 0.3) is 0 Å². The number of carboxylic acids is 2. The number of nitrogens with two attached hydrogens (primary N) is 4. The number of aliphatic hydroxyl groups excluding tert-OH is 2. The summed E-state index contributed by atoms with van der Waals surface area (Å²) in [6, 6.07) is 1.57. The van der Waals surface area contributed by atoms with E-state index in [0.717, 1.165) is 53.7 Å². The number of tetrazole rings is 1. The lowest BCUT2D eigenvalue weighted by Gasteiger charge is -2.30. The molecule has 7 rings (SSSR count). The third kappa shape index (κ3) is 48.2. The highest BCUT2D eigenvalue weighted by molar-refractivity contribution is 6.00. The van der Waals surface area contributed by atoms with Gasteiger partial charge in [-0.25, -0.2) is 4.98 Å². The molecular weight excluding hydrogens is 1920 g/mol. The lowest BCUT2D eigenvalue weighted by atomic mass is 10.0. The molecule has 147 heavy (non-hydrogen) atoms. The van der Waals surface area contributed by atoms with Gasteiger partial charge in [-0.2, -0.15) is 5.21 Å². The van der Waals surface area contributed by atoms with Crippen molar-refractivity contribution in [1.29, 1.82) is 0 Å². The quantitative estimate of drug-likeness (QED) is 0.0102. The van der Waals surface area contributed by atoms with E-state index in [0.29, 0.717) is 49.8 Å². The van der Waals surface area contributed by atoms with Crippen LogP contribution in [-0.4, -0.2) is 343 Å². The van der Waals surface area contributed by atoms with Crippen molar-refractivity contribution >= 4 is 123 Å². The number of nitrogens with one attached hydrogen (secondary N) is 16. The molecule has 3 aromatic heterocycles. The summed E-state index contributed by atoms with van der Waals surface area (Å²) < 4.78 is 10.7. The van der Waals surface area contributed by atoms with Crippen molar-refractivity contribution in [2.45, 2.75) is 285 Å². The molecule has 0 saturated carbocycles. The van der Waals surface area contributed by atoms with E-state index in [9.17, 15) is 107 Å². The minimum Gasteiger partial charge on any atom is -0.480 e. The number of primary amides is 2. The first-order valence-electron chi connectivity index (χ1n) is 50.1. The molecule has 5 aromatic rings. The van der Waals surface area contributed by atoms with E-state index >= 15 is 0 Å². The monoisotopic (exact) mass is 2060 g/mol. The standard InChI is InChI=1S/C53H89N15O16.C43H60N12O8/c1-3-4-18-38(36(2)70)60-52(81)41(30-68(31-48(75)76)32-49(77)78)63-51(80)40(27-37-28-55-35-58-37)62-50(79)39(21-22-43(54)71)61-53(82)42(33-69)59-46(73)29-57-47(74)34-84-26-25-83-24-23-56-45(72)20-17-15-13-11-9-7-5-6-8-10-12-14-16-19-44-64-66-67-65-44;1-47-32-16-17-36(57)48-18-8-7-14-30(37(44)58)51-40(61)34(21-26-23-50-29-13-6-5-12-28(26)29)53-38(59)31(15-9-19-49-43(45)46)52-39(60)33(20-25-10-3-2-4-11-25)54-41(62)35-22-27(56)24-55(35)42(32)63/h28,35,38-42,69H,3-27,29-34H2,1-2H3,(H2,54,71)(H,55,58)(H,56,72)(H,57,74)(H,59,73)(H,60,81)(H,61,82)(H,62,79)(H,63,80)(H,75,76)(H,77,78)(H,64,65,66,67);2-6,10-13,23,27,30-35,47,50,56H,7-9,14-22,24H2,1H3,(H2,44,58)(H,48,57)(H,51,61)(H,52,60)(H,53,59)(H,54,62)(H4,45,46,49)/t38-,39-,40-,41-,42-;27-,30+,31+,32+,33-,34+,35+/m01/s1. The minimum absolute atomic E-state index is 0.00470. The number of ketones is 1. The van der Waals surface area contributed by atoms with Gasteiger partial charge in [-0.05, 0) is 95.4 Å². The van der Waals surface area contributed by atoms with Crippen LogP contribution in [0.3, 0.4) is 0 Å². The fraction of sp³-hybridized carbons (Fsp3) is 0.615. The van der Waals surface area contributed by atoms with Crippen LogP contribution in [0.2, 0.25) is 0 Å². The van der Waals surface area contributed by atoms with Crippen LogP contribution >= 0.6 is 0 Å². The summed E-state index contributed by atoms with van der Waals surface area (Å²) in [5.74, 6) is -14.1. The molecule has 15 amide bonds. The second-order valence-electron chi connectivity index (χ2n) is 36.2. The SMILES string of the molecule is CCCC[C@H](NC(=O)[C@H](CN(CC(=O)O)CC(=O)O)NC(=O)[C@H](Cc1cnc[nH]1)NC(=O)[C@H](CCC(N)=O)NC(=O)[C@H](CO)NC(=O)CNC(=O)COCCOCCNC(=O)CCCCCCCCCCCCCCCc1nn[nH]n1)C(C)=O.CN[C@H]1CCC(=O)NCCCC[C@@H](C(N)=O)NC(=O)[C@H](Cc2c[nH]c3ccccc23)NC(=O)[C@H](CCCN=C(N)N)NC(=O)[C@@H](Cc2ccccc2)NC(=O)[C@@H]2C[C@@H](O)CN2C1=O. The molecule has 0 radical (unpaired) electrons. The summed E-state index contributed by atoms with van der Waals surface area (Å²) in [6.07, 6.45) is 20.9. The summed E-state index contributed by atoms with van der Waals surface area (Å²) in [4.78, 5) is 253. The Morgan fingerprint density at radius 3 is 1.87 bits per heavy atom. The number of imidazole rings is 1. The minimum atomic E-state index is -1.71. The number of amides is 15. The van der Waals surface area contributed by atoms with Crippen LogP contribution in [0.1, 0.15) is 210 Å². The zero-order valence-electron chi connectivity index (χ0n) is 83.9. The van der Waals surface area contributed by atoms with Gasteiger partial charge in [-0.1, -0.05) is 144 Å². The van der Waals surface area contributed by atoms with Crippen LogP contribution in [0.5, 0.6) is 0 Å². The third-order valence-corrected chi connectivity index (χ3v) is 24.3. The first-order valence-corrected chi connectivity index (χ1v) is 50.1. The number of ether oxygens (including phenoxy) is 2. The number of Topliss-reactive ketones (excluding diaryl/α,β-unsaturated/α-hetero) is 1. The summed E-state index contributed by atoms with van der Waals surface area (Å²) in [7, 11) is 1.55. The van der Waals surface area contributed by atoms with E-state index in [-0.39, 0.29) is 127 Å². The Morgan fingerprint density at radius 1 is 0.619 bits per heavy atom. The zero-order chi connectivity index (χ0) is 107. The molecule has 0 aliphatic carbocycles. The van der Waals surface area contributed by atoms with Crippen molar-refractivity contribution < 1.29 is 116 Å². The Balaban J connectivity index is 0.000000466. The fourth-order valence-electron chi connectivity index (χ4n) is 16.4. The van der Waals surface area contributed by atoms with Crippen LogP contribution in [0, 0.1) is 0 Å². The zero-order valence-corrected chi connectivity index (χ0v) is 83.9. The van der Waals surface area contributed by atoms with Crippen molar-refractivity contribution in [1.82, 2.24) is 114 Å². The molecule has 2 aliphatic heterocycles. The molecule has 2 aromatic carbocycles. The van der Waals surface area contributed by atoms with Gasteiger partial charge in [0.05, 0.1) is 70.6 Å². The van der Waals surface area contributed by atoms with Crippen LogP contribution < -0.4 is 92.1 Å². The van der Waals surface area contributed by atoms with E-state index in [1.807, 2.05) is 31.2 Å². The van der Waals surface area contributed by atoms with Crippen molar-refractivity contribution in [3.8, 4) is 0 Å². The van der Waals surface area contributed by atoms with Gasteiger partial charge in [0.1, 0.15) is 61.0 Å². The molecule has 2 aliphatic rings. The van der Waals surface area contributed by atoms with Gasteiger partial charge in [0, 0.05) is 113 Å². The van der Waals surface area contributed by atoms with E-state index in [1.165, 1.54) is 82.1 Å². The van der Waals surface area contributed by atoms with Crippen molar-refractivity contribution in [3.05, 3.63) is 96.0 Å². The van der Waals surface area contributed by atoms with Gasteiger partial charge in [-0.15, -0.1) is 10.2 Å². The number of aromatic nitrogens is 7. The summed E-state index contributed by atoms with van der Waals surface area (Å²) >= 11 is 0. The number of benzene rings is 2. The normalized spacial score (nSPS) is 18.1. The number of hydrogen-bond acceptors (Lipinski definition) is 29. The second kappa shape index (κ2) is 68.3. The Bertz CT molecular complexity index is 4990. The number of carbonyl (C=O) groups excluding carboxylic acids is 16. The summed E-state index contributed by atoms with van der Waals surface area (Å²) in [5.41, 5.74) is 24.6. The van der Waals surface area contributed by atoms with Gasteiger partial charge in [0.2, 0.25) is 88.6 Å². The molecule has 812 valence electrons. The molecule has 12 atom stereocenters. The number of carbonyl (C=O) groups is 18. The Labute approximate surface area is 851 Å². The van der Waals surface area contributed by atoms with Gasteiger partial charge in [-0.3, -0.25) is 96.2 Å². The number of guanidine groups is 1. The number of hydrogen-bond donors (Lipinski definition) is 24. The van der Waals surface area contributed by atoms with Crippen LogP contribution in [0.25, 0.3) is 10.9 Å². The first-order chi connectivity index (χ1) is 70.5. The highest BCUT2D eigenvalue weighted by Gasteiger charge is 2.44. The predicted octanol–water partition coefficient (Wildman–Crippen LogP) is -3.57. The maximum atomic E-state index is 14.4. The number of nitrogens with zero attached hydrogens (tertiary/aromatic N) is 7. The van der Waals surface area contributed by atoms with Crippen molar-refractivity contribution in [2.24, 2.45) is 27.9 Å². The number of fused-ring (bicyclic) bond motifs is 2. The van der Waals surface area contributed by atoms with Crippen molar-refractivity contribution in [3.63, 3.8) is 0 Å². The maximum Gasteiger partial charge on any atom is 0.317 e. The number of carboxylic acid groups (broad SMARTS) is 2. The number of unbranched alkanes of at least 4 members (excludes halogenated alkanes) is 13. The third-order valence-electron chi connectivity index (χ3n) is 24.3. The highest BCUT2D eigenvalue weighted by atomic mass is 16.5. The molecule has 0 unspecified atom stereocenters. The topological polar surface area (TPSA) is 785 Å². The summed E-state index contributed by atoms with van der Waals surface area (Å²) in [5, 5.41) is 88.3.